The summed E-state index contributed by atoms with van der Waals surface area (Å²) in [5.74, 6) is 0.487. The normalized spacial score (nSPS) is 11.6. The van der Waals surface area contributed by atoms with E-state index in [1.54, 1.807) is 21.0 Å². The van der Waals surface area contributed by atoms with Crippen molar-refractivity contribution in [1.82, 2.24) is 5.32 Å². The molecule has 0 fully saturated rings. The zero-order valence-electron chi connectivity index (χ0n) is 12.1. The molecule has 0 saturated carbocycles. The second-order valence-electron chi connectivity index (χ2n) is 5.39. The lowest BCUT2D eigenvalue weighted by Gasteiger charge is -2.22. The van der Waals surface area contributed by atoms with Crippen LogP contribution in [0.4, 0.5) is 0 Å². The van der Waals surface area contributed by atoms with E-state index in [4.69, 9.17) is 10.5 Å². The molecule has 0 spiro atoms. The summed E-state index contributed by atoms with van der Waals surface area (Å²) < 4.78 is 5.21. The number of fused-ring (bicyclic) bond motifs is 1. The summed E-state index contributed by atoms with van der Waals surface area (Å²) in [6.07, 6.45) is 0. The predicted molar refractivity (Wildman–Crippen MR) is 80.6 cm³/mol. The molecule has 0 heterocycles. The van der Waals surface area contributed by atoms with Crippen LogP contribution in [-0.4, -0.2) is 18.6 Å². The van der Waals surface area contributed by atoms with E-state index in [0.717, 1.165) is 22.1 Å². The maximum absolute atomic E-state index is 11.3. The van der Waals surface area contributed by atoms with Crippen molar-refractivity contribution in [3.8, 4) is 5.75 Å². The number of nitrogens with two attached hydrogens (primary N) is 1. The van der Waals surface area contributed by atoms with Gasteiger partial charge < -0.3 is 10.5 Å². The highest BCUT2D eigenvalue weighted by Crippen LogP contribution is 2.22. The van der Waals surface area contributed by atoms with E-state index < -0.39 is 5.54 Å². The fraction of sp³-hybridized carbons (Fsp3) is 0.312. The first-order valence-electron chi connectivity index (χ1n) is 6.54. The number of amides is 1. The Balaban J connectivity index is 2.18. The molecule has 0 unspecified atom stereocenters. The standard InChI is InChI=1S/C16H20N2O2/c1-16(2,15(17)19)18-10-11-4-5-13-9-14(20-3)7-6-12(13)8-11/h4-9,18H,10H2,1-3H3,(H2,17,19). The smallest absolute Gasteiger partial charge is 0.237 e. The van der Waals surface area contributed by atoms with Gasteiger partial charge in [0.05, 0.1) is 12.6 Å². The van der Waals surface area contributed by atoms with Crippen molar-refractivity contribution in [3.63, 3.8) is 0 Å². The molecule has 0 radical (unpaired) electrons. The SMILES string of the molecule is COc1ccc2cc(CNC(C)(C)C(N)=O)ccc2c1. The number of nitrogens with one attached hydrogen (secondary N) is 1. The molecule has 0 aliphatic rings. The largest absolute Gasteiger partial charge is 0.497 e. The van der Waals surface area contributed by atoms with Gasteiger partial charge in [0.15, 0.2) is 0 Å². The zero-order chi connectivity index (χ0) is 14.8. The van der Waals surface area contributed by atoms with E-state index >= 15 is 0 Å². The summed E-state index contributed by atoms with van der Waals surface area (Å²) in [6, 6.07) is 12.1. The van der Waals surface area contributed by atoms with Crippen LogP contribution in [0.3, 0.4) is 0 Å². The van der Waals surface area contributed by atoms with Gasteiger partial charge in [0, 0.05) is 6.54 Å². The Labute approximate surface area is 118 Å². The summed E-state index contributed by atoms with van der Waals surface area (Å²) in [5.41, 5.74) is 5.74. The average Bonchev–Trinajstić information content (AvgIpc) is 2.44. The summed E-state index contributed by atoms with van der Waals surface area (Å²) in [7, 11) is 1.66. The van der Waals surface area contributed by atoms with Gasteiger partial charge in [-0.15, -0.1) is 0 Å². The molecular weight excluding hydrogens is 252 g/mol. The molecule has 0 aromatic heterocycles. The van der Waals surface area contributed by atoms with Crippen LogP contribution in [0.25, 0.3) is 10.8 Å². The third-order valence-electron chi connectivity index (χ3n) is 3.46. The number of benzene rings is 2. The Morgan fingerprint density at radius 1 is 1.20 bits per heavy atom. The molecule has 1 amide bonds. The first kappa shape index (κ1) is 14.3. The van der Waals surface area contributed by atoms with Gasteiger partial charge >= 0.3 is 0 Å². The molecule has 0 aliphatic heterocycles. The monoisotopic (exact) mass is 272 g/mol. The molecule has 3 N–H and O–H groups in total. The fourth-order valence-electron chi connectivity index (χ4n) is 1.92. The second-order valence-corrected chi connectivity index (χ2v) is 5.39. The van der Waals surface area contributed by atoms with Crippen molar-refractivity contribution in [1.29, 1.82) is 0 Å². The quantitative estimate of drug-likeness (QED) is 0.877. The van der Waals surface area contributed by atoms with Gasteiger partial charge in [-0.3, -0.25) is 10.1 Å². The van der Waals surface area contributed by atoms with Gasteiger partial charge in [0.2, 0.25) is 5.91 Å². The van der Waals surface area contributed by atoms with E-state index in [1.807, 2.05) is 30.3 Å². The number of methoxy groups -OCH3 is 1. The molecule has 106 valence electrons. The average molecular weight is 272 g/mol. The van der Waals surface area contributed by atoms with Gasteiger partial charge in [-0.05, 0) is 48.4 Å². The van der Waals surface area contributed by atoms with Crippen LogP contribution >= 0.6 is 0 Å². The third-order valence-corrected chi connectivity index (χ3v) is 3.46. The molecule has 2 rings (SSSR count). The van der Waals surface area contributed by atoms with E-state index in [-0.39, 0.29) is 5.91 Å². The second kappa shape index (κ2) is 5.51. The van der Waals surface area contributed by atoms with Crippen LogP contribution in [0.15, 0.2) is 36.4 Å². The van der Waals surface area contributed by atoms with Crippen LogP contribution in [0.5, 0.6) is 5.75 Å². The van der Waals surface area contributed by atoms with E-state index in [0.29, 0.717) is 6.54 Å². The van der Waals surface area contributed by atoms with Crippen LogP contribution < -0.4 is 15.8 Å². The predicted octanol–water partition coefficient (Wildman–Crippen LogP) is 2.20. The minimum atomic E-state index is -0.713. The maximum atomic E-state index is 11.3. The highest BCUT2D eigenvalue weighted by Gasteiger charge is 2.23. The lowest BCUT2D eigenvalue weighted by Crippen LogP contribution is -2.50. The van der Waals surface area contributed by atoms with Crippen molar-refractivity contribution in [2.24, 2.45) is 5.73 Å². The number of hydrogen-bond donors (Lipinski definition) is 2. The summed E-state index contributed by atoms with van der Waals surface area (Å²) in [4.78, 5) is 11.3. The first-order chi connectivity index (χ1) is 9.42. The molecule has 4 heteroatoms. The number of primary amides is 1. The van der Waals surface area contributed by atoms with Crippen molar-refractivity contribution < 1.29 is 9.53 Å². The van der Waals surface area contributed by atoms with Crippen molar-refractivity contribution in [2.75, 3.05) is 7.11 Å². The van der Waals surface area contributed by atoms with E-state index in [1.165, 1.54) is 0 Å². The molecule has 0 bridgehead atoms. The number of ether oxygens (including phenoxy) is 1. The van der Waals surface area contributed by atoms with Crippen LogP contribution in [-0.2, 0) is 11.3 Å². The highest BCUT2D eigenvalue weighted by molar-refractivity contribution is 5.85. The van der Waals surface area contributed by atoms with E-state index in [9.17, 15) is 4.79 Å². The van der Waals surface area contributed by atoms with Gasteiger partial charge in [0.1, 0.15) is 5.75 Å². The lowest BCUT2D eigenvalue weighted by molar-refractivity contribution is -0.123. The number of carbonyl (C=O) groups is 1. The summed E-state index contributed by atoms with van der Waals surface area (Å²) in [6.45, 7) is 4.15. The Hall–Kier alpha value is -2.07. The maximum Gasteiger partial charge on any atom is 0.237 e. The third kappa shape index (κ3) is 3.08. The van der Waals surface area contributed by atoms with Gasteiger partial charge in [-0.2, -0.15) is 0 Å². The summed E-state index contributed by atoms with van der Waals surface area (Å²) in [5, 5.41) is 5.43. The van der Waals surface area contributed by atoms with Crippen molar-refractivity contribution in [2.45, 2.75) is 25.9 Å². The fourth-order valence-corrected chi connectivity index (χ4v) is 1.92. The van der Waals surface area contributed by atoms with Gasteiger partial charge in [-0.1, -0.05) is 18.2 Å². The molecular formula is C16H20N2O2. The summed E-state index contributed by atoms with van der Waals surface area (Å²) >= 11 is 0. The molecule has 0 saturated heterocycles. The molecule has 2 aromatic rings. The Morgan fingerprint density at radius 3 is 2.50 bits per heavy atom. The molecule has 2 aromatic carbocycles. The number of carbonyl (C=O) groups excluding carboxylic acids is 1. The minimum Gasteiger partial charge on any atom is -0.497 e. The molecule has 4 nitrogen and oxygen atoms in total. The number of rotatable bonds is 5. The topological polar surface area (TPSA) is 64.3 Å². The van der Waals surface area contributed by atoms with Crippen LogP contribution in [0.2, 0.25) is 0 Å². The minimum absolute atomic E-state index is 0.358. The molecule has 0 aliphatic carbocycles. The van der Waals surface area contributed by atoms with Gasteiger partial charge in [0.25, 0.3) is 0 Å². The Bertz CT molecular complexity index is 635. The first-order valence-corrected chi connectivity index (χ1v) is 6.54. The van der Waals surface area contributed by atoms with Gasteiger partial charge in [-0.25, -0.2) is 0 Å². The Kier molecular flexibility index (Phi) is 3.95. The van der Waals surface area contributed by atoms with Crippen LogP contribution in [0, 0.1) is 0 Å². The number of hydrogen-bond acceptors (Lipinski definition) is 3. The Morgan fingerprint density at radius 2 is 1.85 bits per heavy atom. The lowest BCUT2D eigenvalue weighted by atomic mass is 10.0. The highest BCUT2D eigenvalue weighted by atomic mass is 16.5. The van der Waals surface area contributed by atoms with Crippen LogP contribution in [0.1, 0.15) is 19.4 Å². The van der Waals surface area contributed by atoms with E-state index in [2.05, 4.69) is 11.4 Å². The zero-order valence-corrected chi connectivity index (χ0v) is 12.1. The molecule has 0 atom stereocenters. The molecule has 20 heavy (non-hydrogen) atoms. The van der Waals surface area contributed by atoms with Crippen molar-refractivity contribution >= 4 is 16.7 Å². The van der Waals surface area contributed by atoms with Crippen molar-refractivity contribution in [3.05, 3.63) is 42.0 Å².